The summed E-state index contributed by atoms with van der Waals surface area (Å²) in [5, 5.41) is 2.81. The van der Waals surface area contributed by atoms with Gasteiger partial charge in [0, 0.05) is 15.5 Å². The van der Waals surface area contributed by atoms with Crippen molar-refractivity contribution in [3.8, 4) is 0 Å². The molecule has 0 saturated carbocycles. The molecule has 116 valence electrons. The maximum absolute atomic E-state index is 11.9. The molecule has 0 aliphatic heterocycles. The van der Waals surface area contributed by atoms with Crippen LogP contribution in [0.5, 0.6) is 0 Å². The van der Waals surface area contributed by atoms with E-state index in [0.717, 1.165) is 10.6 Å². The summed E-state index contributed by atoms with van der Waals surface area (Å²) in [5.74, 6) is 0.0590. The second-order valence-electron chi connectivity index (χ2n) is 5.33. The number of carbonyl (C=O) groups is 1. The highest BCUT2D eigenvalue weighted by atomic mass is 32.2. The van der Waals surface area contributed by atoms with Gasteiger partial charge in [-0.2, -0.15) is 0 Å². The Bertz CT molecular complexity index is 808. The zero-order valence-electron chi connectivity index (χ0n) is 13.0. The van der Waals surface area contributed by atoms with Crippen LogP contribution in [0.3, 0.4) is 0 Å². The van der Waals surface area contributed by atoms with Crippen molar-refractivity contribution < 1.29 is 9.21 Å². The molecule has 0 saturated heterocycles. The molecule has 0 bridgehead atoms. The van der Waals surface area contributed by atoms with Crippen molar-refractivity contribution in [1.29, 1.82) is 0 Å². The van der Waals surface area contributed by atoms with Gasteiger partial charge in [0.05, 0.1) is 6.26 Å². The van der Waals surface area contributed by atoms with E-state index in [4.69, 9.17) is 4.42 Å². The van der Waals surface area contributed by atoms with Crippen LogP contribution < -0.4 is 5.32 Å². The van der Waals surface area contributed by atoms with Gasteiger partial charge in [-0.1, -0.05) is 23.9 Å². The Balaban J connectivity index is 1.70. The molecular formula is C19H17NO2S. The SMILES string of the molecule is Cc1ccc(C)c(Sc2ccc(NC(=O)c3ccco3)cc2)c1. The van der Waals surface area contributed by atoms with Crippen LogP contribution in [-0.2, 0) is 0 Å². The first-order valence-electron chi connectivity index (χ1n) is 7.32. The fourth-order valence-electron chi connectivity index (χ4n) is 2.15. The number of hydrogen-bond acceptors (Lipinski definition) is 3. The maximum atomic E-state index is 11.9. The second kappa shape index (κ2) is 6.75. The Morgan fingerprint density at radius 2 is 1.83 bits per heavy atom. The van der Waals surface area contributed by atoms with Crippen molar-refractivity contribution in [3.63, 3.8) is 0 Å². The van der Waals surface area contributed by atoms with Crippen LogP contribution in [0.25, 0.3) is 0 Å². The van der Waals surface area contributed by atoms with E-state index in [1.54, 1.807) is 23.9 Å². The Kier molecular flexibility index (Phi) is 4.53. The molecule has 3 nitrogen and oxygen atoms in total. The molecule has 0 aliphatic carbocycles. The Morgan fingerprint density at radius 1 is 1.04 bits per heavy atom. The first-order chi connectivity index (χ1) is 11.1. The van der Waals surface area contributed by atoms with E-state index in [1.807, 2.05) is 24.3 Å². The molecule has 1 heterocycles. The molecule has 0 spiro atoms. The highest BCUT2D eigenvalue weighted by molar-refractivity contribution is 7.99. The molecule has 0 aliphatic rings. The highest BCUT2D eigenvalue weighted by Crippen LogP contribution is 2.31. The largest absolute Gasteiger partial charge is 0.459 e. The number of anilines is 1. The van der Waals surface area contributed by atoms with Gasteiger partial charge in [0.15, 0.2) is 5.76 Å². The standard InChI is InChI=1S/C19H17NO2S/c1-13-5-6-14(2)18(12-13)23-16-9-7-15(8-10-16)20-19(21)17-4-3-11-22-17/h3-12H,1-2H3,(H,20,21). The number of furan rings is 1. The van der Waals surface area contributed by atoms with Gasteiger partial charge in [0.1, 0.15) is 0 Å². The van der Waals surface area contributed by atoms with Crippen LogP contribution in [-0.4, -0.2) is 5.91 Å². The third kappa shape index (κ3) is 3.85. The molecule has 4 heteroatoms. The van der Waals surface area contributed by atoms with Gasteiger partial charge in [-0.15, -0.1) is 0 Å². The van der Waals surface area contributed by atoms with Gasteiger partial charge in [-0.25, -0.2) is 0 Å². The summed E-state index contributed by atoms with van der Waals surface area (Å²) < 4.78 is 5.08. The van der Waals surface area contributed by atoms with E-state index >= 15 is 0 Å². The summed E-state index contributed by atoms with van der Waals surface area (Å²) in [6, 6.07) is 17.6. The molecule has 2 aromatic carbocycles. The molecule has 3 aromatic rings. The Morgan fingerprint density at radius 3 is 2.52 bits per heavy atom. The smallest absolute Gasteiger partial charge is 0.291 e. The van der Waals surface area contributed by atoms with Gasteiger partial charge in [0.2, 0.25) is 0 Å². The highest BCUT2D eigenvalue weighted by Gasteiger charge is 2.08. The minimum atomic E-state index is -0.245. The summed E-state index contributed by atoms with van der Waals surface area (Å²) in [7, 11) is 0. The zero-order valence-corrected chi connectivity index (χ0v) is 13.8. The predicted molar refractivity (Wildman–Crippen MR) is 93.1 cm³/mol. The van der Waals surface area contributed by atoms with E-state index in [2.05, 4.69) is 37.4 Å². The molecule has 3 rings (SSSR count). The summed E-state index contributed by atoms with van der Waals surface area (Å²) in [6.45, 7) is 4.20. The van der Waals surface area contributed by atoms with Crippen LogP contribution in [0.4, 0.5) is 5.69 Å². The van der Waals surface area contributed by atoms with E-state index in [-0.39, 0.29) is 5.91 Å². The van der Waals surface area contributed by atoms with Crippen molar-refractivity contribution in [1.82, 2.24) is 0 Å². The van der Waals surface area contributed by atoms with Crippen LogP contribution in [0.15, 0.2) is 75.1 Å². The van der Waals surface area contributed by atoms with Crippen LogP contribution in [0.2, 0.25) is 0 Å². The molecule has 0 unspecified atom stereocenters. The van der Waals surface area contributed by atoms with Crippen molar-refractivity contribution in [2.45, 2.75) is 23.6 Å². The first-order valence-corrected chi connectivity index (χ1v) is 8.13. The molecule has 1 amide bonds. The average Bonchev–Trinajstić information content (AvgIpc) is 3.07. The van der Waals surface area contributed by atoms with Crippen molar-refractivity contribution in [2.75, 3.05) is 5.32 Å². The number of hydrogen-bond donors (Lipinski definition) is 1. The van der Waals surface area contributed by atoms with Crippen LogP contribution in [0.1, 0.15) is 21.7 Å². The molecule has 23 heavy (non-hydrogen) atoms. The minimum absolute atomic E-state index is 0.245. The van der Waals surface area contributed by atoms with Crippen LogP contribution >= 0.6 is 11.8 Å². The number of benzene rings is 2. The normalized spacial score (nSPS) is 10.5. The van der Waals surface area contributed by atoms with E-state index < -0.39 is 0 Å². The van der Waals surface area contributed by atoms with Gasteiger partial charge in [-0.3, -0.25) is 4.79 Å². The van der Waals surface area contributed by atoms with Gasteiger partial charge in [-0.05, 0) is 67.4 Å². The van der Waals surface area contributed by atoms with E-state index in [0.29, 0.717) is 5.76 Å². The fourth-order valence-corrected chi connectivity index (χ4v) is 3.15. The average molecular weight is 323 g/mol. The van der Waals surface area contributed by atoms with Gasteiger partial charge < -0.3 is 9.73 Å². The van der Waals surface area contributed by atoms with E-state index in [9.17, 15) is 4.79 Å². The van der Waals surface area contributed by atoms with Gasteiger partial charge in [0.25, 0.3) is 5.91 Å². The number of aryl methyl sites for hydroxylation is 2. The summed E-state index contributed by atoms with van der Waals surface area (Å²) in [5.41, 5.74) is 3.26. The summed E-state index contributed by atoms with van der Waals surface area (Å²) in [6.07, 6.45) is 1.48. The zero-order chi connectivity index (χ0) is 16.2. The van der Waals surface area contributed by atoms with Gasteiger partial charge >= 0.3 is 0 Å². The summed E-state index contributed by atoms with van der Waals surface area (Å²) >= 11 is 1.72. The fraction of sp³-hybridized carbons (Fsp3) is 0.105. The number of rotatable bonds is 4. The lowest BCUT2D eigenvalue weighted by Crippen LogP contribution is -2.10. The number of amides is 1. The van der Waals surface area contributed by atoms with E-state index in [1.165, 1.54) is 22.3 Å². The number of nitrogens with one attached hydrogen (secondary N) is 1. The lowest BCUT2D eigenvalue weighted by atomic mass is 10.2. The number of carbonyl (C=O) groups excluding carboxylic acids is 1. The molecule has 0 atom stereocenters. The maximum Gasteiger partial charge on any atom is 0.291 e. The summed E-state index contributed by atoms with van der Waals surface area (Å²) in [4.78, 5) is 14.3. The quantitative estimate of drug-likeness (QED) is 0.708. The van der Waals surface area contributed by atoms with Crippen molar-refractivity contribution in [2.24, 2.45) is 0 Å². The molecule has 1 N–H and O–H groups in total. The lowest BCUT2D eigenvalue weighted by Gasteiger charge is -2.08. The Hall–Kier alpha value is -2.46. The third-order valence-corrected chi connectivity index (χ3v) is 4.60. The first kappa shape index (κ1) is 15.4. The Labute approximate surface area is 139 Å². The lowest BCUT2D eigenvalue weighted by molar-refractivity contribution is 0.0996. The van der Waals surface area contributed by atoms with Crippen LogP contribution in [0, 0.1) is 13.8 Å². The predicted octanol–water partition coefficient (Wildman–Crippen LogP) is 5.30. The molecular weight excluding hydrogens is 306 g/mol. The molecule has 1 aromatic heterocycles. The van der Waals surface area contributed by atoms with Crippen molar-refractivity contribution in [3.05, 3.63) is 77.7 Å². The minimum Gasteiger partial charge on any atom is -0.459 e. The molecule has 0 fully saturated rings. The van der Waals surface area contributed by atoms with Crippen molar-refractivity contribution >= 4 is 23.4 Å². The monoisotopic (exact) mass is 323 g/mol. The topological polar surface area (TPSA) is 42.2 Å². The second-order valence-corrected chi connectivity index (χ2v) is 6.44. The third-order valence-electron chi connectivity index (χ3n) is 3.43. The molecule has 0 radical (unpaired) electrons.